The largest absolute Gasteiger partial charge is 0.469 e. The number of Topliss-reactive ketones (excluding diaryl/α,β-unsaturated/α-hetero) is 1. The maximum Gasteiger partial charge on any atom is 0.286 e. The molecule has 126 valence electrons. The zero-order valence-electron chi connectivity index (χ0n) is 13.4. The SMILES string of the molecule is COC(N)=Nc1cccc2ncc(CC(=O)c3ccc(Cl)cn3)cc12. The topological polar surface area (TPSA) is 90.5 Å². The molecule has 1 aromatic carbocycles. The average Bonchev–Trinajstić information content (AvgIpc) is 2.62. The van der Waals surface area contributed by atoms with E-state index in [4.69, 9.17) is 22.1 Å². The second-order valence-corrected chi connectivity index (χ2v) is 5.74. The van der Waals surface area contributed by atoms with Crippen molar-refractivity contribution in [2.75, 3.05) is 7.11 Å². The van der Waals surface area contributed by atoms with E-state index in [1.807, 2.05) is 24.3 Å². The molecule has 0 bridgehead atoms. The lowest BCUT2D eigenvalue weighted by Crippen LogP contribution is -2.12. The number of halogens is 1. The minimum absolute atomic E-state index is 0.0549. The van der Waals surface area contributed by atoms with Crippen LogP contribution in [0.2, 0.25) is 5.02 Å². The van der Waals surface area contributed by atoms with Crippen LogP contribution in [0.25, 0.3) is 10.9 Å². The Labute approximate surface area is 149 Å². The Morgan fingerprint density at radius 1 is 1.24 bits per heavy atom. The number of rotatable bonds is 4. The monoisotopic (exact) mass is 354 g/mol. The molecule has 7 heteroatoms. The maximum atomic E-state index is 12.4. The van der Waals surface area contributed by atoms with Gasteiger partial charge in [-0.3, -0.25) is 14.8 Å². The van der Waals surface area contributed by atoms with E-state index >= 15 is 0 Å². The molecule has 0 aliphatic rings. The molecule has 0 amide bonds. The number of amidine groups is 1. The van der Waals surface area contributed by atoms with Gasteiger partial charge in [0.2, 0.25) is 0 Å². The van der Waals surface area contributed by atoms with Crippen LogP contribution >= 0.6 is 11.6 Å². The molecule has 0 unspecified atom stereocenters. The summed E-state index contributed by atoms with van der Waals surface area (Å²) in [5.74, 6) is -0.116. The molecule has 2 aromatic heterocycles. The molecule has 0 atom stereocenters. The number of methoxy groups -OCH3 is 1. The van der Waals surface area contributed by atoms with Gasteiger partial charge in [0.1, 0.15) is 5.69 Å². The summed E-state index contributed by atoms with van der Waals surface area (Å²) in [6, 6.07) is 10.7. The standard InChI is InChI=1S/C18H15ClN4O2/c1-25-18(20)23-15-4-2-3-14-13(15)7-11(9-21-14)8-17(24)16-6-5-12(19)10-22-16/h2-7,9-10H,8H2,1H3,(H2,20,23). The van der Waals surface area contributed by atoms with E-state index in [9.17, 15) is 4.79 Å². The van der Waals surface area contributed by atoms with Crippen LogP contribution in [0.1, 0.15) is 16.1 Å². The molecule has 0 radical (unpaired) electrons. The number of hydrogen-bond acceptors (Lipinski definition) is 5. The molecule has 0 fully saturated rings. The third kappa shape index (κ3) is 3.92. The smallest absolute Gasteiger partial charge is 0.286 e. The van der Waals surface area contributed by atoms with Crippen molar-refractivity contribution >= 4 is 40.0 Å². The molecule has 2 N–H and O–H groups in total. The van der Waals surface area contributed by atoms with Crippen molar-refractivity contribution in [3.05, 3.63) is 65.1 Å². The van der Waals surface area contributed by atoms with E-state index in [2.05, 4.69) is 15.0 Å². The van der Waals surface area contributed by atoms with Crippen molar-refractivity contribution in [2.24, 2.45) is 10.7 Å². The van der Waals surface area contributed by atoms with Crippen LogP contribution in [-0.4, -0.2) is 28.9 Å². The quantitative estimate of drug-likeness (QED) is 0.441. The van der Waals surface area contributed by atoms with E-state index in [1.54, 1.807) is 18.3 Å². The number of ketones is 1. The first kappa shape index (κ1) is 16.9. The van der Waals surface area contributed by atoms with E-state index in [-0.39, 0.29) is 18.2 Å². The zero-order chi connectivity index (χ0) is 17.8. The van der Waals surface area contributed by atoms with Gasteiger partial charge in [-0.15, -0.1) is 0 Å². The van der Waals surface area contributed by atoms with Crippen molar-refractivity contribution in [1.82, 2.24) is 9.97 Å². The number of nitrogens with two attached hydrogens (primary N) is 1. The van der Waals surface area contributed by atoms with Crippen LogP contribution in [0.3, 0.4) is 0 Å². The molecule has 0 spiro atoms. The average molecular weight is 355 g/mol. The molecule has 2 heterocycles. The molecule has 0 saturated carbocycles. The molecule has 3 aromatic rings. The zero-order valence-corrected chi connectivity index (χ0v) is 14.2. The summed E-state index contributed by atoms with van der Waals surface area (Å²) in [5, 5.41) is 1.28. The minimum atomic E-state index is -0.116. The van der Waals surface area contributed by atoms with E-state index in [0.29, 0.717) is 16.4 Å². The number of fused-ring (bicyclic) bond motifs is 1. The second-order valence-electron chi connectivity index (χ2n) is 5.30. The molecular formula is C18H15ClN4O2. The first-order valence-electron chi connectivity index (χ1n) is 7.47. The van der Waals surface area contributed by atoms with E-state index in [0.717, 1.165) is 16.5 Å². The summed E-state index contributed by atoms with van der Waals surface area (Å²) in [6.45, 7) is 0. The van der Waals surface area contributed by atoms with Crippen LogP contribution in [0.5, 0.6) is 0 Å². The van der Waals surface area contributed by atoms with Gasteiger partial charge < -0.3 is 10.5 Å². The highest BCUT2D eigenvalue weighted by Crippen LogP contribution is 2.26. The summed E-state index contributed by atoms with van der Waals surface area (Å²) in [6.07, 6.45) is 3.30. The van der Waals surface area contributed by atoms with Crippen LogP contribution in [0, 0.1) is 0 Å². The predicted octanol–water partition coefficient (Wildman–Crippen LogP) is 3.30. The van der Waals surface area contributed by atoms with Gasteiger partial charge in [-0.2, -0.15) is 4.99 Å². The van der Waals surface area contributed by atoms with Crippen LogP contribution < -0.4 is 5.73 Å². The third-order valence-electron chi connectivity index (χ3n) is 3.58. The number of nitrogens with zero attached hydrogens (tertiary/aromatic N) is 3. The number of aliphatic imine (C=N–C) groups is 1. The van der Waals surface area contributed by atoms with Gasteiger partial charge in [0.25, 0.3) is 6.02 Å². The molecule has 0 aliphatic heterocycles. The van der Waals surface area contributed by atoms with Gasteiger partial charge in [-0.25, -0.2) is 0 Å². The fraction of sp³-hybridized carbons (Fsp3) is 0.111. The molecule has 3 rings (SSSR count). The predicted molar refractivity (Wildman–Crippen MR) is 97.3 cm³/mol. The minimum Gasteiger partial charge on any atom is -0.469 e. The van der Waals surface area contributed by atoms with E-state index < -0.39 is 0 Å². The first-order valence-corrected chi connectivity index (χ1v) is 7.85. The summed E-state index contributed by atoms with van der Waals surface area (Å²) >= 11 is 5.80. The Morgan fingerprint density at radius 2 is 2.08 bits per heavy atom. The van der Waals surface area contributed by atoms with Gasteiger partial charge in [0.15, 0.2) is 5.78 Å². The Hall–Kier alpha value is -2.99. The van der Waals surface area contributed by atoms with Crippen molar-refractivity contribution in [2.45, 2.75) is 6.42 Å². The van der Waals surface area contributed by atoms with Gasteiger partial charge in [-0.1, -0.05) is 17.7 Å². The molecule has 6 nitrogen and oxygen atoms in total. The molecular weight excluding hydrogens is 340 g/mol. The third-order valence-corrected chi connectivity index (χ3v) is 3.80. The fourth-order valence-electron chi connectivity index (χ4n) is 2.35. The second kappa shape index (κ2) is 7.27. The highest BCUT2D eigenvalue weighted by Gasteiger charge is 2.11. The summed E-state index contributed by atoms with van der Waals surface area (Å²) in [5.41, 5.74) is 8.14. The number of aromatic nitrogens is 2. The summed E-state index contributed by atoms with van der Waals surface area (Å²) in [4.78, 5) is 25.0. The maximum absolute atomic E-state index is 12.4. The Morgan fingerprint density at radius 3 is 2.80 bits per heavy atom. The lowest BCUT2D eigenvalue weighted by Gasteiger charge is -2.06. The van der Waals surface area contributed by atoms with Crippen molar-refractivity contribution < 1.29 is 9.53 Å². The summed E-state index contributed by atoms with van der Waals surface area (Å²) < 4.78 is 4.90. The van der Waals surface area contributed by atoms with Crippen LogP contribution in [0.4, 0.5) is 5.69 Å². The number of carbonyl (C=O) groups is 1. The normalized spacial score (nSPS) is 11.5. The number of hydrogen-bond donors (Lipinski definition) is 1. The van der Waals surface area contributed by atoms with Crippen molar-refractivity contribution in [3.63, 3.8) is 0 Å². The van der Waals surface area contributed by atoms with Gasteiger partial charge in [0.05, 0.1) is 23.3 Å². The van der Waals surface area contributed by atoms with Gasteiger partial charge >= 0.3 is 0 Å². The Kier molecular flexibility index (Phi) is 4.90. The van der Waals surface area contributed by atoms with Crippen LogP contribution in [-0.2, 0) is 11.2 Å². The number of benzene rings is 1. The van der Waals surface area contributed by atoms with Gasteiger partial charge in [0, 0.05) is 24.2 Å². The van der Waals surface area contributed by atoms with E-state index in [1.165, 1.54) is 13.3 Å². The number of pyridine rings is 2. The summed E-state index contributed by atoms with van der Waals surface area (Å²) in [7, 11) is 1.45. The molecule has 0 saturated heterocycles. The fourth-order valence-corrected chi connectivity index (χ4v) is 2.46. The van der Waals surface area contributed by atoms with Crippen molar-refractivity contribution in [3.8, 4) is 0 Å². The molecule has 25 heavy (non-hydrogen) atoms. The highest BCUT2D eigenvalue weighted by atomic mass is 35.5. The lowest BCUT2D eigenvalue weighted by molar-refractivity contribution is 0.0988. The van der Waals surface area contributed by atoms with Gasteiger partial charge in [-0.05, 0) is 35.9 Å². The van der Waals surface area contributed by atoms with Crippen molar-refractivity contribution in [1.29, 1.82) is 0 Å². The Bertz CT molecular complexity index is 955. The lowest BCUT2D eigenvalue weighted by atomic mass is 10.1. The number of carbonyl (C=O) groups excluding carboxylic acids is 1. The Balaban J connectivity index is 1.93. The number of ether oxygens (including phenoxy) is 1. The first-order chi connectivity index (χ1) is 12.1. The molecule has 0 aliphatic carbocycles. The highest BCUT2D eigenvalue weighted by molar-refractivity contribution is 6.30. The van der Waals surface area contributed by atoms with Crippen LogP contribution in [0.15, 0.2) is 53.8 Å².